The average Bonchev–Trinajstić information content (AvgIpc) is 3.03. The number of hydrogen-bond acceptors (Lipinski definition) is 6. The van der Waals surface area contributed by atoms with Crippen LogP contribution < -0.4 is 0 Å². The van der Waals surface area contributed by atoms with Gasteiger partial charge in [-0.25, -0.2) is 9.78 Å². The standard InChI is InChI=1S/C16H17N3O4S/c1-10-7-19(8-13(23-10)16(21)22)14(20)5-12-9-24-15(18-12)11-3-2-4-17-6-11/h2-4,6,9-10,13H,5,7-8H2,1H3,(H,21,22)/t10-,13?/m1/s1. The molecular formula is C16H17N3O4S. The molecule has 126 valence electrons. The van der Waals surface area contributed by atoms with Gasteiger partial charge in [0.25, 0.3) is 0 Å². The summed E-state index contributed by atoms with van der Waals surface area (Å²) in [5, 5.41) is 11.8. The van der Waals surface area contributed by atoms with Gasteiger partial charge in [0.2, 0.25) is 5.91 Å². The molecule has 8 heteroatoms. The Bertz CT molecular complexity index is 734. The van der Waals surface area contributed by atoms with Gasteiger partial charge in [0.1, 0.15) is 5.01 Å². The van der Waals surface area contributed by atoms with Crippen LogP contribution in [0.5, 0.6) is 0 Å². The van der Waals surface area contributed by atoms with E-state index in [9.17, 15) is 9.59 Å². The molecule has 1 aliphatic rings. The minimum atomic E-state index is -1.05. The fraction of sp³-hybridized carbons (Fsp3) is 0.375. The van der Waals surface area contributed by atoms with E-state index in [1.54, 1.807) is 19.3 Å². The maximum Gasteiger partial charge on any atom is 0.334 e. The zero-order valence-corrected chi connectivity index (χ0v) is 13.9. The fourth-order valence-corrected chi connectivity index (χ4v) is 3.38. The third-order valence-corrected chi connectivity index (χ3v) is 4.62. The number of nitrogens with zero attached hydrogens (tertiary/aromatic N) is 3. The number of hydrogen-bond donors (Lipinski definition) is 1. The van der Waals surface area contributed by atoms with E-state index in [-0.39, 0.29) is 25.0 Å². The minimum Gasteiger partial charge on any atom is -0.479 e. The molecule has 1 N–H and O–H groups in total. The molecule has 1 aliphatic heterocycles. The van der Waals surface area contributed by atoms with Crippen molar-refractivity contribution in [2.45, 2.75) is 25.6 Å². The van der Waals surface area contributed by atoms with E-state index in [0.29, 0.717) is 12.2 Å². The van der Waals surface area contributed by atoms with Crippen LogP contribution in [0.15, 0.2) is 29.9 Å². The molecule has 1 unspecified atom stereocenters. The van der Waals surface area contributed by atoms with Crippen LogP contribution in [0.1, 0.15) is 12.6 Å². The van der Waals surface area contributed by atoms with Crippen molar-refractivity contribution in [3.63, 3.8) is 0 Å². The number of thiazole rings is 1. The van der Waals surface area contributed by atoms with E-state index in [0.717, 1.165) is 10.6 Å². The lowest BCUT2D eigenvalue weighted by atomic mass is 10.2. The summed E-state index contributed by atoms with van der Waals surface area (Å²) in [5.41, 5.74) is 1.59. The smallest absolute Gasteiger partial charge is 0.334 e. The Balaban J connectivity index is 1.67. The van der Waals surface area contributed by atoms with Gasteiger partial charge < -0.3 is 14.7 Å². The summed E-state index contributed by atoms with van der Waals surface area (Å²) in [5.74, 6) is -1.19. The summed E-state index contributed by atoms with van der Waals surface area (Å²) in [6.07, 6.45) is 2.30. The number of ether oxygens (including phenoxy) is 1. The molecule has 1 amide bonds. The largest absolute Gasteiger partial charge is 0.479 e. The van der Waals surface area contributed by atoms with Gasteiger partial charge in [-0.2, -0.15) is 0 Å². The highest BCUT2D eigenvalue weighted by atomic mass is 32.1. The molecule has 1 saturated heterocycles. The van der Waals surface area contributed by atoms with E-state index in [4.69, 9.17) is 9.84 Å². The Morgan fingerprint density at radius 3 is 3.00 bits per heavy atom. The normalized spacial score (nSPS) is 20.8. The number of aromatic nitrogens is 2. The Morgan fingerprint density at radius 2 is 2.29 bits per heavy atom. The van der Waals surface area contributed by atoms with Crippen molar-refractivity contribution in [1.29, 1.82) is 0 Å². The molecule has 1 fully saturated rings. The molecular weight excluding hydrogens is 330 g/mol. The highest BCUT2D eigenvalue weighted by Gasteiger charge is 2.32. The van der Waals surface area contributed by atoms with E-state index >= 15 is 0 Å². The number of rotatable bonds is 4. The quantitative estimate of drug-likeness (QED) is 0.900. The summed E-state index contributed by atoms with van der Waals surface area (Å²) in [6, 6.07) is 3.75. The Morgan fingerprint density at radius 1 is 1.46 bits per heavy atom. The van der Waals surface area contributed by atoms with Gasteiger partial charge in [-0.05, 0) is 19.1 Å². The number of pyridine rings is 1. The van der Waals surface area contributed by atoms with Gasteiger partial charge in [0.15, 0.2) is 6.10 Å². The van der Waals surface area contributed by atoms with Crippen molar-refractivity contribution in [2.24, 2.45) is 0 Å². The molecule has 0 aromatic carbocycles. The SMILES string of the molecule is C[C@@H]1CN(C(=O)Cc2csc(-c3cccnc3)n2)CC(C(=O)O)O1. The lowest BCUT2D eigenvalue weighted by Crippen LogP contribution is -2.52. The van der Waals surface area contributed by atoms with Gasteiger partial charge in [0.05, 0.1) is 24.8 Å². The molecule has 2 aromatic rings. The fourth-order valence-electron chi connectivity index (χ4n) is 2.57. The van der Waals surface area contributed by atoms with Crippen LogP contribution in [0, 0.1) is 0 Å². The second-order valence-electron chi connectivity index (χ2n) is 5.63. The zero-order valence-electron chi connectivity index (χ0n) is 13.1. The average molecular weight is 347 g/mol. The van der Waals surface area contributed by atoms with Crippen molar-refractivity contribution in [3.8, 4) is 10.6 Å². The van der Waals surface area contributed by atoms with Crippen LogP contribution >= 0.6 is 11.3 Å². The first kappa shape index (κ1) is 16.5. The van der Waals surface area contributed by atoms with E-state index in [2.05, 4.69) is 9.97 Å². The second-order valence-corrected chi connectivity index (χ2v) is 6.49. The molecule has 0 radical (unpaired) electrons. The monoisotopic (exact) mass is 347 g/mol. The molecule has 24 heavy (non-hydrogen) atoms. The topological polar surface area (TPSA) is 92.6 Å². The number of carbonyl (C=O) groups is 2. The van der Waals surface area contributed by atoms with Crippen LogP contribution in [0.4, 0.5) is 0 Å². The first-order valence-corrected chi connectivity index (χ1v) is 8.41. The van der Waals surface area contributed by atoms with Crippen LogP contribution in [-0.2, 0) is 20.7 Å². The molecule has 0 spiro atoms. The van der Waals surface area contributed by atoms with E-state index in [1.807, 2.05) is 17.5 Å². The van der Waals surface area contributed by atoms with Crippen LogP contribution in [0.25, 0.3) is 10.6 Å². The Kier molecular flexibility index (Phi) is 4.86. The third-order valence-electron chi connectivity index (χ3n) is 3.68. The maximum absolute atomic E-state index is 12.5. The predicted octanol–water partition coefficient (Wildman–Crippen LogP) is 1.45. The Hall–Kier alpha value is -2.32. The minimum absolute atomic E-state index is 0.0676. The van der Waals surface area contributed by atoms with Crippen LogP contribution in [-0.4, -0.2) is 57.1 Å². The van der Waals surface area contributed by atoms with Crippen molar-refractivity contribution in [3.05, 3.63) is 35.6 Å². The molecule has 3 heterocycles. The van der Waals surface area contributed by atoms with Crippen molar-refractivity contribution >= 4 is 23.2 Å². The number of amides is 1. The summed E-state index contributed by atoms with van der Waals surface area (Å²) in [4.78, 5) is 33.6. The van der Waals surface area contributed by atoms with Crippen molar-refractivity contribution in [2.75, 3.05) is 13.1 Å². The number of morpholine rings is 1. The highest BCUT2D eigenvalue weighted by molar-refractivity contribution is 7.13. The summed E-state index contributed by atoms with van der Waals surface area (Å²) < 4.78 is 5.33. The lowest BCUT2D eigenvalue weighted by Gasteiger charge is -2.34. The summed E-state index contributed by atoms with van der Waals surface area (Å²) >= 11 is 1.46. The van der Waals surface area contributed by atoms with Gasteiger partial charge in [0, 0.05) is 29.9 Å². The van der Waals surface area contributed by atoms with Crippen molar-refractivity contribution < 1.29 is 19.4 Å². The maximum atomic E-state index is 12.5. The number of aliphatic carboxylic acids is 1. The molecule has 0 bridgehead atoms. The number of carboxylic acids is 1. The highest BCUT2D eigenvalue weighted by Crippen LogP contribution is 2.23. The first-order valence-electron chi connectivity index (χ1n) is 7.54. The molecule has 0 saturated carbocycles. The van der Waals surface area contributed by atoms with Crippen LogP contribution in [0.3, 0.4) is 0 Å². The number of carbonyl (C=O) groups excluding carboxylic acids is 1. The van der Waals surface area contributed by atoms with Gasteiger partial charge in [-0.1, -0.05) is 0 Å². The predicted molar refractivity (Wildman–Crippen MR) is 87.6 cm³/mol. The molecule has 3 rings (SSSR count). The summed E-state index contributed by atoms with van der Waals surface area (Å²) in [6.45, 7) is 2.22. The van der Waals surface area contributed by atoms with Gasteiger partial charge in [-0.3, -0.25) is 9.78 Å². The first-order chi connectivity index (χ1) is 11.5. The van der Waals surface area contributed by atoms with Gasteiger partial charge in [-0.15, -0.1) is 11.3 Å². The third kappa shape index (κ3) is 3.77. The Labute approximate surface area is 142 Å². The molecule has 0 aliphatic carbocycles. The van der Waals surface area contributed by atoms with Gasteiger partial charge >= 0.3 is 5.97 Å². The zero-order chi connectivity index (χ0) is 17.1. The number of carboxylic acid groups (broad SMARTS) is 1. The van der Waals surface area contributed by atoms with E-state index < -0.39 is 12.1 Å². The van der Waals surface area contributed by atoms with Crippen LogP contribution in [0.2, 0.25) is 0 Å². The molecule has 2 aromatic heterocycles. The van der Waals surface area contributed by atoms with Crippen molar-refractivity contribution in [1.82, 2.24) is 14.9 Å². The summed E-state index contributed by atoms with van der Waals surface area (Å²) in [7, 11) is 0. The second kappa shape index (κ2) is 7.06. The lowest BCUT2D eigenvalue weighted by molar-refractivity contribution is -0.166. The molecule has 7 nitrogen and oxygen atoms in total. The molecule has 2 atom stereocenters. The van der Waals surface area contributed by atoms with E-state index in [1.165, 1.54) is 16.2 Å².